The average Bonchev–Trinajstić information content (AvgIpc) is 3.14. The summed E-state index contributed by atoms with van der Waals surface area (Å²) in [5.41, 5.74) is 1.85. The summed E-state index contributed by atoms with van der Waals surface area (Å²) in [4.78, 5) is 0. The highest BCUT2D eigenvalue weighted by Gasteiger charge is 2.15. The largest absolute Gasteiger partial charge is 0.456 e. The van der Waals surface area contributed by atoms with Gasteiger partial charge in [-0.1, -0.05) is 76.6 Å². The molecule has 30 heavy (non-hydrogen) atoms. The Morgan fingerprint density at radius 1 is 0.467 bits per heavy atom. The minimum Gasteiger partial charge on any atom is -0.456 e. The maximum Gasteiger partial charge on any atom is 0.136 e. The van der Waals surface area contributed by atoms with Crippen LogP contribution in [0.3, 0.4) is 0 Å². The molecule has 7 rings (SSSR count). The third kappa shape index (κ3) is 2.12. The zero-order valence-corrected chi connectivity index (χ0v) is 17.5. The highest BCUT2D eigenvalue weighted by atomic mass is 79.9. The van der Waals surface area contributed by atoms with Crippen molar-refractivity contribution in [2.45, 2.75) is 0 Å². The summed E-state index contributed by atoms with van der Waals surface area (Å²) in [5.74, 6) is 0. The zero-order valence-electron chi connectivity index (χ0n) is 15.9. The van der Waals surface area contributed by atoms with E-state index in [0.29, 0.717) is 0 Å². The topological polar surface area (TPSA) is 13.1 Å². The summed E-state index contributed by atoms with van der Waals surface area (Å²) in [6, 6.07) is 32.6. The lowest BCUT2D eigenvalue weighted by atomic mass is 9.90. The SMILES string of the molecule is Brc1ccc2oc3cc4c5ccccc5c5c6ccccc6ccc5c4cc3c2c1. The van der Waals surface area contributed by atoms with Crippen LogP contribution in [0.25, 0.3) is 65.0 Å². The molecule has 140 valence electrons. The summed E-state index contributed by atoms with van der Waals surface area (Å²) < 4.78 is 7.29. The Labute approximate surface area is 180 Å². The molecule has 0 saturated heterocycles. The van der Waals surface area contributed by atoms with Gasteiger partial charge in [0.2, 0.25) is 0 Å². The molecule has 0 bridgehead atoms. The van der Waals surface area contributed by atoms with Crippen LogP contribution in [0.4, 0.5) is 0 Å². The molecule has 0 atom stereocenters. The summed E-state index contributed by atoms with van der Waals surface area (Å²) in [6.07, 6.45) is 0. The van der Waals surface area contributed by atoms with Crippen molar-refractivity contribution in [3.05, 3.63) is 95.5 Å². The Morgan fingerprint density at radius 3 is 2.07 bits per heavy atom. The highest BCUT2D eigenvalue weighted by molar-refractivity contribution is 9.10. The predicted molar refractivity (Wildman–Crippen MR) is 131 cm³/mol. The fourth-order valence-corrected chi connectivity index (χ4v) is 5.32. The van der Waals surface area contributed by atoms with Gasteiger partial charge in [-0.25, -0.2) is 0 Å². The first-order valence-corrected chi connectivity index (χ1v) is 10.8. The monoisotopic (exact) mass is 446 g/mol. The van der Waals surface area contributed by atoms with E-state index in [1.165, 1.54) is 43.1 Å². The fourth-order valence-electron chi connectivity index (χ4n) is 4.96. The Morgan fingerprint density at radius 2 is 1.17 bits per heavy atom. The molecular formula is C28H15BrO. The van der Waals surface area contributed by atoms with E-state index in [1.54, 1.807) is 0 Å². The molecule has 1 heterocycles. The molecule has 0 aliphatic rings. The van der Waals surface area contributed by atoms with Crippen LogP contribution >= 0.6 is 15.9 Å². The maximum absolute atomic E-state index is 6.23. The lowest BCUT2D eigenvalue weighted by Crippen LogP contribution is -1.85. The molecule has 7 aromatic rings. The van der Waals surface area contributed by atoms with Gasteiger partial charge in [0.05, 0.1) is 0 Å². The van der Waals surface area contributed by atoms with E-state index in [-0.39, 0.29) is 0 Å². The molecule has 0 saturated carbocycles. The third-order valence-electron chi connectivity index (χ3n) is 6.28. The first-order valence-electron chi connectivity index (χ1n) is 10.1. The van der Waals surface area contributed by atoms with Crippen molar-refractivity contribution >= 4 is 81.0 Å². The first-order chi connectivity index (χ1) is 14.8. The Bertz CT molecular complexity index is 1810. The maximum atomic E-state index is 6.23. The number of hydrogen-bond acceptors (Lipinski definition) is 1. The fraction of sp³-hybridized carbons (Fsp3) is 0. The second kappa shape index (κ2) is 5.84. The molecule has 6 aromatic carbocycles. The molecule has 0 radical (unpaired) electrons. The zero-order chi connectivity index (χ0) is 19.8. The molecule has 0 amide bonds. The van der Waals surface area contributed by atoms with Crippen molar-refractivity contribution in [1.29, 1.82) is 0 Å². The van der Waals surface area contributed by atoms with E-state index < -0.39 is 0 Å². The number of rotatable bonds is 0. The van der Waals surface area contributed by atoms with E-state index in [2.05, 4.69) is 94.8 Å². The molecule has 0 N–H and O–H groups in total. The second-order valence-electron chi connectivity index (χ2n) is 7.89. The van der Waals surface area contributed by atoms with Crippen LogP contribution in [-0.2, 0) is 0 Å². The number of benzene rings is 6. The quantitative estimate of drug-likeness (QED) is 0.212. The van der Waals surface area contributed by atoms with Crippen LogP contribution in [0.1, 0.15) is 0 Å². The van der Waals surface area contributed by atoms with Gasteiger partial charge in [-0.05, 0) is 73.4 Å². The van der Waals surface area contributed by atoms with Gasteiger partial charge in [0.25, 0.3) is 0 Å². The van der Waals surface area contributed by atoms with Gasteiger partial charge in [0.1, 0.15) is 11.2 Å². The molecule has 2 heteroatoms. The van der Waals surface area contributed by atoms with Gasteiger partial charge in [-0.15, -0.1) is 0 Å². The van der Waals surface area contributed by atoms with Crippen molar-refractivity contribution in [2.75, 3.05) is 0 Å². The Kier molecular flexibility index (Phi) is 3.20. The normalized spacial score (nSPS) is 12.2. The molecule has 0 aliphatic heterocycles. The highest BCUT2D eigenvalue weighted by Crippen LogP contribution is 2.42. The summed E-state index contributed by atoms with van der Waals surface area (Å²) in [5, 5.41) is 12.5. The summed E-state index contributed by atoms with van der Waals surface area (Å²) in [6.45, 7) is 0. The van der Waals surface area contributed by atoms with E-state index in [9.17, 15) is 0 Å². The lowest BCUT2D eigenvalue weighted by Gasteiger charge is -2.13. The first kappa shape index (κ1) is 16.4. The summed E-state index contributed by atoms with van der Waals surface area (Å²) >= 11 is 3.61. The van der Waals surface area contributed by atoms with E-state index in [1.807, 2.05) is 12.1 Å². The van der Waals surface area contributed by atoms with E-state index in [4.69, 9.17) is 4.42 Å². The number of furan rings is 1. The number of halogens is 1. The lowest BCUT2D eigenvalue weighted by molar-refractivity contribution is 0.669. The van der Waals surface area contributed by atoms with Crippen LogP contribution in [-0.4, -0.2) is 0 Å². The number of hydrogen-bond donors (Lipinski definition) is 0. The molecule has 0 spiro atoms. The summed E-state index contributed by atoms with van der Waals surface area (Å²) in [7, 11) is 0. The van der Waals surface area contributed by atoms with Crippen LogP contribution in [0.15, 0.2) is 99.9 Å². The molecule has 1 aromatic heterocycles. The molecule has 0 fully saturated rings. The van der Waals surface area contributed by atoms with Gasteiger partial charge in [0, 0.05) is 15.2 Å². The minimum atomic E-state index is 0.919. The average molecular weight is 447 g/mol. The van der Waals surface area contributed by atoms with Crippen molar-refractivity contribution < 1.29 is 4.42 Å². The van der Waals surface area contributed by atoms with E-state index >= 15 is 0 Å². The van der Waals surface area contributed by atoms with Crippen molar-refractivity contribution in [3.8, 4) is 0 Å². The van der Waals surface area contributed by atoms with Crippen LogP contribution in [0.2, 0.25) is 0 Å². The molecule has 1 nitrogen and oxygen atoms in total. The van der Waals surface area contributed by atoms with Gasteiger partial charge in [-0.3, -0.25) is 0 Å². The molecule has 0 unspecified atom stereocenters. The molecule has 0 aliphatic carbocycles. The van der Waals surface area contributed by atoms with Gasteiger partial charge in [-0.2, -0.15) is 0 Å². The van der Waals surface area contributed by atoms with Crippen molar-refractivity contribution in [3.63, 3.8) is 0 Å². The van der Waals surface area contributed by atoms with Gasteiger partial charge < -0.3 is 4.42 Å². The van der Waals surface area contributed by atoms with Crippen LogP contribution < -0.4 is 0 Å². The second-order valence-corrected chi connectivity index (χ2v) is 8.81. The van der Waals surface area contributed by atoms with Gasteiger partial charge >= 0.3 is 0 Å². The predicted octanol–water partition coefficient (Wildman–Crippen LogP) is 8.96. The van der Waals surface area contributed by atoms with Crippen LogP contribution in [0, 0.1) is 0 Å². The Balaban J connectivity index is 1.81. The molecular weight excluding hydrogens is 432 g/mol. The van der Waals surface area contributed by atoms with Crippen molar-refractivity contribution in [2.24, 2.45) is 0 Å². The minimum absolute atomic E-state index is 0.919. The van der Waals surface area contributed by atoms with Gasteiger partial charge in [0.15, 0.2) is 0 Å². The Hall–Kier alpha value is -3.36. The van der Waals surface area contributed by atoms with E-state index in [0.717, 1.165) is 26.4 Å². The smallest absolute Gasteiger partial charge is 0.136 e. The van der Waals surface area contributed by atoms with Crippen LogP contribution in [0.5, 0.6) is 0 Å². The standard InChI is InChI=1S/C28H15BrO/c29-17-10-12-26-24(13-17)25-14-22-21-11-9-16-5-1-2-6-18(16)28(21)20-8-4-3-7-19(20)23(22)15-27(25)30-26/h1-15H. The number of fused-ring (bicyclic) bond motifs is 11. The van der Waals surface area contributed by atoms with Crippen molar-refractivity contribution in [1.82, 2.24) is 0 Å². The third-order valence-corrected chi connectivity index (χ3v) is 6.77.